The number of allylic oxidation sites excluding steroid dienone is 3. The van der Waals surface area contributed by atoms with Crippen molar-refractivity contribution in [3.63, 3.8) is 0 Å². The molecule has 0 spiro atoms. The van der Waals surface area contributed by atoms with Crippen molar-refractivity contribution >= 4 is 18.2 Å². The summed E-state index contributed by atoms with van der Waals surface area (Å²) in [5.41, 5.74) is -1.24. The van der Waals surface area contributed by atoms with E-state index in [1.54, 1.807) is 39.0 Å². The number of carboxylic acid groups (broad SMARTS) is 1. The van der Waals surface area contributed by atoms with Crippen LogP contribution < -0.4 is 5.32 Å². The van der Waals surface area contributed by atoms with Gasteiger partial charge in [-0.25, -0.2) is 9.59 Å². The lowest BCUT2D eigenvalue weighted by molar-refractivity contribution is -0.147. The van der Waals surface area contributed by atoms with E-state index < -0.39 is 29.2 Å². The third-order valence-electron chi connectivity index (χ3n) is 4.17. The van der Waals surface area contributed by atoms with E-state index >= 15 is 0 Å². The average Bonchev–Trinajstić information content (AvgIpc) is 3.05. The number of hydrogen-bond acceptors (Lipinski definition) is 5. The summed E-state index contributed by atoms with van der Waals surface area (Å²) in [4.78, 5) is 37.3. The smallest absolute Gasteiger partial charge is 0.410 e. The van der Waals surface area contributed by atoms with E-state index in [1.807, 2.05) is 13.0 Å². The lowest BCUT2D eigenvalue weighted by Crippen LogP contribution is -2.46. The Kier molecular flexibility index (Phi) is 8.28. The van der Waals surface area contributed by atoms with Crippen LogP contribution in [0, 0.1) is 5.41 Å². The monoisotopic (exact) mass is 394 g/mol. The molecule has 1 saturated heterocycles. The first-order valence-corrected chi connectivity index (χ1v) is 9.09. The van der Waals surface area contributed by atoms with Crippen LogP contribution >= 0.6 is 0 Å². The number of likely N-dealkylation sites (tertiary alicyclic amines) is 1. The number of carboxylic acids is 1. The molecule has 8 heteroatoms. The summed E-state index contributed by atoms with van der Waals surface area (Å²) in [6, 6.07) is 0. The standard InChI is InChI=1S/C20H30N2O6/c1-6-8-9-15(7-2)12-27-17(25)21-13-20(16(23)24)10-11-22(14-20)18(26)28-19(3,4)5/h6-9H,2,10-14H2,1,3-5H3,(H,21,25)(H,23,24)/b8-6-,15-9+. The summed E-state index contributed by atoms with van der Waals surface area (Å²) in [7, 11) is 0. The van der Waals surface area contributed by atoms with E-state index in [2.05, 4.69) is 11.9 Å². The summed E-state index contributed by atoms with van der Waals surface area (Å²) in [5.74, 6) is -1.08. The second kappa shape index (κ2) is 9.96. The zero-order valence-corrected chi connectivity index (χ0v) is 17.0. The molecule has 1 fully saturated rings. The number of amides is 2. The molecule has 0 aromatic heterocycles. The maximum Gasteiger partial charge on any atom is 0.410 e. The number of carbonyl (C=O) groups is 3. The van der Waals surface area contributed by atoms with Crippen molar-refractivity contribution in [3.05, 3.63) is 36.5 Å². The molecule has 0 aromatic rings. The number of carbonyl (C=O) groups excluding carboxylic acids is 2. The Bertz CT molecular complexity index is 662. The molecule has 2 amide bonds. The van der Waals surface area contributed by atoms with Gasteiger partial charge in [0.15, 0.2) is 0 Å². The molecule has 0 aliphatic carbocycles. The van der Waals surface area contributed by atoms with E-state index in [1.165, 1.54) is 4.90 Å². The molecule has 0 radical (unpaired) electrons. The van der Waals surface area contributed by atoms with Gasteiger partial charge in [0, 0.05) is 19.6 Å². The number of alkyl carbamates (subject to hydrolysis) is 1. The summed E-state index contributed by atoms with van der Waals surface area (Å²) >= 11 is 0. The van der Waals surface area contributed by atoms with Crippen molar-refractivity contribution in [3.8, 4) is 0 Å². The van der Waals surface area contributed by atoms with Crippen LogP contribution in [0.25, 0.3) is 0 Å². The molecular weight excluding hydrogens is 364 g/mol. The topological polar surface area (TPSA) is 105 Å². The molecule has 156 valence electrons. The number of hydrogen-bond donors (Lipinski definition) is 2. The van der Waals surface area contributed by atoms with Gasteiger partial charge in [-0.15, -0.1) is 0 Å². The Morgan fingerprint density at radius 2 is 2.00 bits per heavy atom. The lowest BCUT2D eigenvalue weighted by Gasteiger charge is -2.27. The van der Waals surface area contributed by atoms with Crippen LogP contribution in [-0.2, 0) is 14.3 Å². The molecule has 1 aliphatic rings. The molecule has 1 atom stereocenters. The van der Waals surface area contributed by atoms with Crippen LogP contribution in [0.3, 0.4) is 0 Å². The van der Waals surface area contributed by atoms with Gasteiger partial charge in [0.05, 0.1) is 0 Å². The molecule has 1 aliphatic heterocycles. The minimum Gasteiger partial charge on any atom is -0.481 e. The largest absolute Gasteiger partial charge is 0.481 e. The summed E-state index contributed by atoms with van der Waals surface area (Å²) in [6.07, 6.45) is 5.86. The predicted molar refractivity (Wildman–Crippen MR) is 105 cm³/mol. The van der Waals surface area contributed by atoms with Gasteiger partial charge < -0.3 is 24.8 Å². The van der Waals surface area contributed by atoms with Gasteiger partial charge in [0.1, 0.15) is 17.6 Å². The third-order valence-corrected chi connectivity index (χ3v) is 4.17. The van der Waals surface area contributed by atoms with Crippen LogP contribution in [0.2, 0.25) is 0 Å². The molecule has 1 heterocycles. The number of rotatable bonds is 7. The normalized spacial score (nSPS) is 20.1. The maximum absolute atomic E-state index is 12.2. The van der Waals surface area contributed by atoms with E-state index in [-0.39, 0.29) is 32.7 Å². The highest BCUT2D eigenvalue weighted by Crippen LogP contribution is 2.31. The molecule has 1 rings (SSSR count). The van der Waals surface area contributed by atoms with E-state index in [4.69, 9.17) is 9.47 Å². The Labute approximate surface area is 165 Å². The van der Waals surface area contributed by atoms with E-state index in [0.717, 1.165) is 0 Å². The first-order valence-electron chi connectivity index (χ1n) is 9.09. The molecule has 0 bridgehead atoms. The first kappa shape index (κ1) is 23.3. The molecule has 28 heavy (non-hydrogen) atoms. The fourth-order valence-corrected chi connectivity index (χ4v) is 2.59. The van der Waals surface area contributed by atoms with Gasteiger partial charge in [0.2, 0.25) is 0 Å². The number of nitrogens with one attached hydrogen (secondary N) is 1. The molecule has 8 nitrogen and oxygen atoms in total. The van der Waals surface area contributed by atoms with Gasteiger partial charge in [-0.1, -0.05) is 30.9 Å². The van der Waals surface area contributed by atoms with Crippen molar-refractivity contribution in [2.24, 2.45) is 5.41 Å². The summed E-state index contributed by atoms with van der Waals surface area (Å²) in [5, 5.41) is 12.2. The SMILES string of the molecule is C=C/C(=C\C=C/C)COC(=O)NCC1(C(=O)O)CCN(C(=O)OC(C)(C)C)C1. The molecule has 2 N–H and O–H groups in total. The van der Waals surface area contributed by atoms with Crippen molar-refractivity contribution in [2.45, 2.75) is 39.7 Å². The van der Waals surface area contributed by atoms with Crippen molar-refractivity contribution in [1.29, 1.82) is 0 Å². The molecule has 0 saturated carbocycles. The zero-order valence-electron chi connectivity index (χ0n) is 17.0. The van der Waals surface area contributed by atoms with Crippen molar-refractivity contribution < 1.29 is 29.0 Å². The highest BCUT2D eigenvalue weighted by molar-refractivity contribution is 5.79. The second-order valence-corrected chi connectivity index (χ2v) is 7.64. The maximum atomic E-state index is 12.2. The summed E-state index contributed by atoms with van der Waals surface area (Å²) in [6.45, 7) is 10.8. The molecule has 0 aromatic carbocycles. The van der Waals surface area contributed by atoms with Gasteiger partial charge in [-0.2, -0.15) is 0 Å². The Balaban J connectivity index is 2.64. The number of ether oxygens (including phenoxy) is 2. The van der Waals surface area contributed by atoms with Gasteiger partial charge in [-0.05, 0) is 39.7 Å². The zero-order chi connectivity index (χ0) is 21.4. The average molecular weight is 394 g/mol. The fourth-order valence-electron chi connectivity index (χ4n) is 2.59. The quantitative estimate of drug-likeness (QED) is 0.643. The molecular formula is C20H30N2O6. The van der Waals surface area contributed by atoms with E-state index in [9.17, 15) is 19.5 Å². The third kappa shape index (κ3) is 7.09. The minimum atomic E-state index is -1.28. The van der Waals surface area contributed by atoms with Crippen molar-refractivity contribution in [2.75, 3.05) is 26.2 Å². The van der Waals surface area contributed by atoms with Gasteiger partial charge in [-0.3, -0.25) is 4.79 Å². The van der Waals surface area contributed by atoms with Gasteiger partial charge in [0.25, 0.3) is 0 Å². The second-order valence-electron chi connectivity index (χ2n) is 7.64. The Morgan fingerprint density at radius 1 is 1.32 bits per heavy atom. The first-order chi connectivity index (χ1) is 13.0. The highest BCUT2D eigenvalue weighted by Gasteiger charge is 2.47. The Hall–Kier alpha value is -2.77. The van der Waals surface area contributed by atoms with Gasteiger partial charge >= 0.3 is 18.2 Å². The lowest BCUT2D eigenvalue weighted by atomic mass is 9.87. The van der Waals surface area contributed by atoms with Crippen LogP contribution in [-0.4, -0.2) is 60.0 Å². The predicted octanol–water partition coefficient (Wildman–Crippen LogP) is 3.11. The summed E-state index contributed by atoms with van der Waals surface area (Å²) < 4.78 is 10.4. The van der Waals surface area contributed by atoms with Crippen molar-refractivity contribution in [1.82, 2.24) is 10.2 Å². The van der Waals surface area contributed by atoms with Crippen LogP contribution in [0.1, 0.15) is 34.1 Å². The van der Waals surface area contributed by atoms with Crippen LogP contribution in [0.4, 0.5) is 9.59 Å². The number of nitrogens with zero attached hydrogens (tertiary/aromatic N) is 1. The van der Waals surface area contributed by atoms with Crippen LogP contribution in [0.5, 0.6) is 0 Å². The van der Waals surface area contributed by atoms with E-state index in [0.29, 0.717) is 5.57 Å². The van der Waals surface area contributed by atoms with Crippen LogP contribution in [0.15, 0.2) is 36.5 Å². The number of aliphatic carboxylic acids is 1. The minimum absolute atomic E-state index is 0.0176. The molecule has 1 unspecified atom stereocenters. The fraction of sp³-hybridized carbons (Fsp3) is 0.550. The highest BCUT2D eigenvalue weighted by atomic mass is 16.6. The Morgan fingerprint density at radius 3 is 2.54 bits per heavy atom.